The lowest BCUT2D eigenvalue weighted by Gasteiger charge is -2.13. The summed E-state index contributed by atoms with van der Waals surface area (Å²) < 4.78 is 0. The molecule has 0 saturated carbocycles. The highest BCUT2D eigenvalue weighted by atomic mass is 16.3. The van der Waals surface area contributed by atoms with Gasteiger partial charge in [-0.15, -0.1) is 0 Å². The molecule has 0 amide bonds. The zero-order valence-corrected chi connectivity index (χ0v) is 9.20. The molecular formula is C12H19NO. The van der Waals surface area contributed by atoms with Crippen LogP contribution in [0.15, 0.2) is 18.3 Å². The number of pyridine rings is 1. The molecule has 78 valence electrons. The molecule has 1 unspecified atom stereocenters. The van der Waals surface area contributed by atoms with Gasteiger partial charge in [-0.2, -0.15) is 0 Å². The Hall–Kier alpha value is -0.890. The van der Waals surface area contributed by atoms with E-state index in [0.717, 1.165) is 24.1 Å². The minimum absolute atomic E-state index is 0.404. The van der Waals surface area contributed by atoms with Gasteiger partial charge in [-0.1, -0.05) is 19.9 Å². The van der Waals surface area contributed by atoms with Gasteiger partial charge in [0.2, 0.25) is 0 Å². The van der Waals surface area contributed by atoms with Crippen LogP contribution in [0.5, 0.6) is 0 Å². The van der Waals surface area contributed by atoms with E-state index in [0.29, 0.717) is 5.92 Å². The molecule has 2 nitrogen and oxygen atoms in total. The van der Waals surface area contributed by atoms with Crippen molar-refractivity contribution in [1.29, 1.82) is 0 Å². The third-order valence-electron chi connectivity index (χ3n) is 2.38. The van der Waals surface area contributed by atoms with E-state index in [1.54, 1.807) is 6.20 Å². The molecule has 14 heavy (non-hydrogen) atoms. The molecule has 0 aliphatic heterocycles. The highest BCUT2D eigenvalue weighted by Crippen LogP contribution is 2.21. The molecule has 2 heteroatoms. The molecule has 0 fully saturated rings. The van der Waals surface area contributed by atoms with Crippen LogP contribution >= 0.6 is 0 Å². The van der Waals surface area contributed by atoms with Crippen LogP contribution < -0.4 is 0 Å². The van der Waals surface area contributed by atoms with E-state index in [2.05, 4.69) is 18.8 Å². The van der Waals surface area contributed by atoms with E-state index in [4.69, 9.17) is 0 Å². The maximum absolute atomic E-state index is 9.89. The fourth-order valence-corrected chi connectivity index (χ4v) is 1.47. The fourth-order valence-electron chi connectivity index (χ4n) is 1.47. The van der Waals surface area contributed by atoms with E-state index in [9.17, 15) is 5.11 Å². The van der Waals surface area contributed by atoms with Crippen LogP contribution in [0, 0.1) is 12.8 Å². The quantitative estimate of drug-likeness (QED) is 0.797. The van der Waals surface area contributed by atoms with Gasteiger partial charge >= 0.3 is 0 Å². The van der Waals surface area contributed by atoms with Crippen LogP contribution in [0.2, 0.25) is 0 Å². The topological polar surface area (TPSA) is 33.1 Å². The summed E-state index contributed by atoms with van der Waals surface area (Å²) in [4.78, 5) is 4.21. The molecule has 0 aliphatic carbocycles. The number of rotatable bonds is 4. The molecule has 1 atom stereocenters. The van der Waals surface area contributed by atoms with Crippen molar-refractivity contribution in [1.82, 2.24) is 4.98 Å². The second-order valence-corrected chi connectivity index (χ2v) is 4.19. The van der Waals surface area contributed by atoms with E-state index in [1.165, 1.54) is 0 Å². The first-order chi connectivity index (χ1) is 6.61. The van der Waals surface area contributed by atoms with Crippen LogP contribution in [-0.4, -0.2) is 10.1 Å². The summed E-state index contributed by atoms with van der Waals surface area (Å²) >= 11 is 0. The molecular weight excluding hydrogens is 174 g/mol. The lowest BCUT2D eigenvalue weighted by Crippen LogP contribution is -2.04. The Bertz CT molecular complexity index is 283. The van der Waals surface area contributed by atoms with Crippen molar-refractivity contribution in [2.75, 3.05) is 0 Å². The van der Waals surface area contributed by atoms with Gasteiger partial charge in [-0.3, -0.25) is 4.98 Å². The van der Waals surface area contributed by atoms with E-state index < -0.39 is 6.10 Å². The van der Waals surface area contributed by atoms with E-state index in [1.807, 2.05) is 19.1 Å². The number of aliphatic hydroxyl groups excluding tert-OH is 1. The largest absolute Gasteiger partial charge is 0.387 e. The van der Waals surface area contributed by atoms with Gasteiger partial charge in [0.1, 0.15) is 0 Å². The Balaban J connectivity index is 2.60. The number of hydrogen-bond acceptors (Lipinski definition) is 2. The van der Waals surface area contributed by atoms with Crippen LogP contribution in [0.3, 0.4) is 0 Å². The average molecular weight is 193 g/mol. The number of aromatic nitrogens is 1. The van der Waals surface area contributed by atoms with Crippen molar-refractivity contribution in [3.8, 4) is 0 Å². The van der Waals surface area contributed by atoms with Crippen molar-refractivity contribution >= 4 is 0 Å². The third-order valence-corrected chi connectivity index (χ3v) is 2.38. The smallest absolute Gasteiger partial charge is 0.0962 e. The van der Waals surface area contributed by atoms with Gasteiger partial charge in [0.05, 0.1) is 11.8 Å². The zero-order chi connectivity index (χ0) is 10.6. The first-order valence-electron chi connectivity index (χ1n) is 5.21. The maximum Gasteiger partial charge on any atom is 0.0962 e. The number of aliphatic hydroxyl groups is 1. The fraction of sp³-hybridized carbons (Fsp3) is 0.583. The van der Waals surface area contributed by atoms with Gasteiger partial charge in [-0.25, -0.2) is 0 Å². The van der Waals surface area contributed by atoms with Crippen molar-refractivity contribution < 1.29 is 5.11 Å². The lowest BCUT2D eigenvalue weighted by molar-refractivity contribution is 0.154. The monoisotopic (exact) mass is 193 g/mol. The summed E-state index contributed by atoms with van der Waals surface area (Å²) in [6, 6.07) is 3.88. The summed E-state index contributed by atoms with van der Waals surface area (Å²) in [7, 11) is 0. The highest BCUT2D eigenvalue weighted by molar-refractivity contribution is 5.19. The molecule has 0 radical (unpaired) electrons. The summed E-state index contributed by atoms with van der Waals surface area (Å²) in [6.45, 7) is 6.32. The molecule has 1 aromatic rings. The molecule has 1 heterocycles. The van der Waals surface area contributed by atoms with Gasteiger partial charge in [0.15, 0.2) is 0 Å². The lowest BCUT2D eigenvalue weighted by atomic mass is 10.0. The van der Waals surface area contributed by atoms with Crippen molar-refractivity contribution in [3.63, 3.8) is 0 Å². The third kappa shape index (κ3) is 3.11. The average Bonchev–Trinajstić information content (AvgIpc) is 2.15. The van der Waals surface area contributed by atoms with Crippen LogP contribution in [0.25, 0.3) is 0 Å². The molecule has 0 aromatic carbocycles. The van der Waals surface area contributed by atoms with Crippen LogP contribution in [0.1, 0.15) is 44.1 Å². The summed E-state index contributed by atoms with van der Waals surface area (Å²) in [6.07, 6.45) is 3.17. The Morgan fingerprint density at radius 2 is 2.07 bits per heavy atom. The first-order valence-corrected chi connectivity index (χ1v) is 5.21. The normalized spacial score (nSPS) is 13.2. The predicted octanol–water partition coefficient (Wildman–Crippen LogP) is 2.86. The molecule has 0 saturated heterocycles. The Morgan fingerprint density at radius 3 is 2.64 bits per heavy atom. The second-order valence-electron chi connectivity index (χ2n) is 4.19. The van der Waals surface area contributed by atoms with Crippen molar-refractivity contribution in [2.24, 2.45) is 5.92 Å². The van der Waals surface area contributed by atoms with Gasteiger partial charge < -0.3 is 5.11 Å². The van der Waals surface area contributed by atoms with E-state index >= 15 is 0 Å². The molecule has 1 N–H and O–H groups in total. The molecule has 0 aliphatic rings. The summed E-state index contributed by atoms with van der Waals surface area (Å²) in [5, 5.41) is 9.89. The SMILES string of the molecule is Cc1cccnc1C(O)CCC(C)C. The van der Waals surface area contributed by atoms with Crippen LogP contribution in [-0.2, 0) is 0 Å². The Morgan fingerprint density at radius 1 is 1.36 bits per heavy atom. The number of hydrogen-bond donors (Lipinski definition) is 1. The zero-order valence-electron chi connectivity index (χ0n) is 9.20. The molecule has 0 spiro atoms. The van der Waals surface area contributed by atoms with Crippen molar-refractivity contribution in [3.05, 3.63) is 29.6 Å². The highest BCUT2D eigenvalue weighted by Gasteiger charge is 2.11. The van der Waals surface area contributed by atoms with Crippen molar-refractivity contribution in [2.45, 2.75) is 39.7 Å². The summed E-state index contributed by atoms with van der Waals surface area (Å²) in [5.41, 5.74) is 1.90. The summed E-state index contributed by atoms with van der Waals surface area (Å²) in [5.74, 6) is 0.633. The standard InChI is InChI=1S/C12H19NO/c1-9(2)6-7-11(14)12-10(3)5-4-8-13-12/h4-5,8-9,11,14H,6-7H2,1-3H3. The number of nitrogens with zero attached hydrogens (tertiary/aromatic N) is 1. The second kappa shape index (κ2) is 5.11. The Kier molecular flexibility index (Phi) is 4.08. The van der Waals surface area contributed by atoms with E-state index in [-0.39, 0.29) is 0 Å². The van der Waals surface area contributed by atoms with Gasteiger partial charge in [-0.05, 0) is 37.3 Å². The molecule has 1 aromatic heterocycles. The van der Waals surface area contributed by atoms with Gasteiger partial charge in [0.25, 0.3) is 0 Å². The molecule has 1 rings (SSSR count). The maximum atomic E-state index is 9.89. The minimum atomic E-state index is -0.404. The van der Waals surface area contributed by atoms with Crippen LogP contribution in [0.4, 0.5) is 0 Å². The van der Waals surface area contributed by atoms with Gasteiger partial charge in [0, 0.05) is 6.20 Å². The Labute approximate surface area is 86.0 Å². The number of aryl methyl sites for hydroxylation is 1. The minimum Gasteiger partial charge on any atom is -0.387 e. The first kappa shape index (κ1) is 11.2. The predicted molar refractivity (Wildman–Crippen MR) is 58.0 cm³/mol. The molecule has 0 bridgehead atoms.